The van der Waals surface area contributed by atoms with Crippen LogP contribution in [-0.4, -0.2) is 35.8 Å². The first-order valence-corrected chi connectivity index (χ1v) is 8.19. The summed E-state index contributed by atoms with van der Waals surface area (Å²) in [5, 5.41) is 2.90. The molecule has 1 aromatic carbocycles. The molecule has 2 amide bonds. The van der Waals surface area contributed by atoms with Crippen molar-refractivity contribution in [3.63, 3.8) is 0 Å². The van der Waals surface area contributed by atoms with Crippen LogP contribution in [0.4, 0.5) is 0 Å². The Morgan fingerprint density at radius 1 is 1.36 bits per heavy atom. The molecular weight excluding hydrogens is 276 g/mol. The van der Waals surface area contributed by atoms with Gasteiger partial charge in [0.1, 0.15) is 0 Å². The van der Waals surface area contributed by atoms with E-state index in [9.17, 15) is 9.59 Å². The van der Waals surface area contributed by atoms with Gasteiger partial charge in [-0.2, -0.15) is 0 Å². The quantitative estimate of drug-likeness (QED) is 0.928. The van der Waals surface area contributed by atoms with Crippen molar-refractivity contribution in [2.24, 2.45) is 5.92 Å². The van der Waals surface area contributed by atoms with E-state index >= 15 is 0 Å². The number of aryl methyl sites for hydroxylation is 3. The van der Waals surface area contributed by atoms with E-state index in [4.69, 9.17) is 0 Å². The van der Waals surface area contributed by atoms with E-state index in [1.54, 1.807) is 0 Å². The third-order valence-electron chi connectivity index (χ3n) is 5.03. The van der Waals surface area contributed by atoms with Crippen molar-refractivity contribution < 1.29 is 9.59 Å². The average molecular weight is 300 g/mol. The van der Waals surface area contributed by atoms with Crippen LogP contribution in [0.25, 0.3) is 0 Å². The van der Waals surface area contributed by atoms with Crippen molar-refractivity contribution >= 4 is 11.8 Å². The summed E-state index contributed by atoms with van der Waals surface area (Å²) >= 11 is 0. The number of rotatable bonds is 3. The summed E-state index contributed by atoms with van der Waals surface area (Å²) in [6, 6.07) is 6.46. The van der Waals surface area contributed by atoms with Gasteiger partial charge in [-0.05, 0) is 44.2 Å². The average Bonchev–Trinajstić information content (AvgIpc) is 2.88. The summed E-state index contributed by atoms with van der Waals surface area (Å²) in [5.74, 6) is 0.321. The predicted octanol–water partition coefficient (Wildman–Crippen LogP) is 1.97. The molecule has 2 heterocycles. The van der Waals surface area contributed by atoms with E-state index in [1.165, 1.54) is 16.7 Å². The zero-order valence-corrected chi connectivity index (χ0v) is 13.4. The van der Waals surface area contributed by atoms with E-state index in [0.29, 0.717) is 13.0 Å². The Balaban J connectivity index is 1.63. The first-order chi connectivity index (χ1) is 10.6. The van der Waals surface area contributed by atoms with E-state index in [2.05, 4.69) is 37.4 Å². The summed E-state index contributed by atoms with van der Waals surface area (Å²) in [6.07, 6.45) is 3.16. The second kappa shape index (κ2) is 6.11. The lowest BCUT2D eigenvalue weighted by Crippen LogP contribution is -2.48. The number of piperidine rings is 1. The molecule has 2 aliphatic rings. The standard InChI is InChI=1S/C18H24N2O2/c1-12-5-6-14(13(2)10-12)7-8-17(21)20-9-3-4-15-16(20)11-19-18(15)22/h5-6,10,15-16H,3-4,7-9,11H2,1-2H3,(H,19,22)/t15-,16-/m1/s1. The van der Waals surface area contributed by atoms with Crippen LogP contribution >= 0.6 is 0 Å². The summed E-state index contributed by atoms with van der Waals surface area (Å²) < 4.78 is 0. The highest BCUT2D eigenvalue weighted by Crippen LogP contribution is 2.28. The van der Waals surface area contributed by atoms with E-state index in [0.717, 1.165) is 25.8 Å². The third-order valence-corrected chi connectivity index (χ3v) is 5.03. The molecule has 2 saturated heterocycles. The maximum Gasteiger partial charge on any atom is 0.225 e. The van der Waals surface area contributed by atoms with Gasteiger partial charge in [0.2, 0.25) is 11.8 Å². The molecule has 0 saturated carbocycles. The van der Waals surface area contributed by atoms with Gasteiger partial charge in [0.25, 0.3) is 0 Å². The SMILES string of the molecule is Cc1ccc(CCC(=O)N2CCC[C@H]3C(=O)NC[C@H]32)c(C)c1. The molecule has 4 nitrogen and oxygen atoms in total. The lowest BCUT2D eigenvalue weighted by Gasteiger charge is -2.36. The molecule has 3 rings (SSSR count). The fourth-order valence-electron chi connectivity index (χ4n) is 3.77. The van der Waals surface area contributed by atoms with Gasteiger partial charge < -0.3 is 10.2 Å². The molecule has 0 spiro atoms. The molecular formula is C18H24N2O2. The van der Waals surface area contributed by atoms with Gasteiger partial charge >= 0.3 is 0 Å². The molecule has 0 radical (unpaired) electrons. The fraction of sp³-hybridized carbons (Fsp3) is 0.556. The van der Waals surface area contributed by atoms with Crippen LogP contribution in [0, 0.1) is 19.8 Å². The van der Waals surface area contributed by atoms with Crippen molar-refractivity contribution in [2.45, 2.75) is 45.6 Å². The highest BCUT2D eigenvalue weighted by Gasteiger charge is 2.42. The minimum atomic E-state index is 0.0128. The van der Waals surface area contributed by atoms with Gasteiger partial charge in [0, 0.05) is 19.5 Å². The lowest BCUT2D eigenvalue weighted by molar-refractivity contribution is -0.136. The number of likely N-dealkylation sites (tertiary alicyclic amines) is 1. The molecule has 22 heavy (non-hydrogen) atoms. The third kappa shape index (κ3) is 2.87. The Kier molecular flexibility index (Phi) is 4.19. The monoisotopic (exact) mass is 300 g/mol. The van der Waals surface area contributed by atoms with Gasteiger partial charge in [-0.15, -0.1) is 0 Å². The van der Waals surface area contributed by atoms with Crippen molar-refractivity contribution in [1.29, 1.82) is 0 Å². The van der Waals surface area contributed by atoms with E-state index < -0.39 is 0 Å². The van der Waals surface area contributed by atoms with Crippen LogP contribution in [-0.2, 0) is 16.0 Å². The second-order valence-electron chi connectivity index (χ2n) is 6.58. The molecule has 2 aliphatic heterocycles. The lowest BCUT2D eigenvalue weighted by atomic mass is 9.91. The number of carbonyl (C=O) groups excluding carboxylic acids is 2. The van der Waals surface area contributed by atoms with Crippen molar-refractivity contribution in [2.75, 3.05) is 13.1 Å². The van der Waals surface area contributed by atoms with Gasteiger partial charge in [0.15, 0.2) is 0 Å². The first-order valence-electron chi connectivity index (χ1n) is 8.19. The minimum Gasteiger partial charge on any atom is -0.354 e. The number of nitrogens with zero attached hydrogens (tertiary/aromatic N) is 1. The van der Waals surface area contributed by atoms with Gasteiger partial charge in [-0.25, -0.2) is 0 Å². The fourth-order valence-corrected chi connectivity index (χ4v) is 3.77. The second-order valence-corrected chi connectivity index (χ2v) is 6.58. The maximum absolute atomic E-state index is 12.6. The summed E-state index contributed by atoms with van der Waals surface area (Å²) in [7, 11) is 0. The molecule has 1 aromatic rings. The molecule has 2 atom stereocenters. The predicted molar refractivity (Wildman–Crippen MR) is 85.5 cm³/mol. The van der Waals surface area contributed by atoms with Gasteiger partial charge in [0.05, 0.1) is 12.0 Å². The Bertz CT molecular complexity index is 597. The number of amides is 2. The molecule has 0 bridgehead atoms. The molecule has 2 fully saturated rings. The number of hydrogen-bond acceptors (Lipinski definition) is 2. The number of carbonyl (C=O) groups is 2. The Hall–Kier alpha value is -1.84. The molecule has 1 N–H and O–H groups in total. The van der Waals surface area contributed by atoms with Crippen LogP contribution in [0.5, 0.6) is 0 Å². The molecule has 118 valence electrons. The Labute approximate surface area is 131 Å². The maximum atomic E-state index is 12.6. The minimum absolute atomic E-state index is 0.0128. The number of fused-ring (bicyclic) bond motifs is 1. The van der Waals surface area contributed by atoms with Crippen LogP contribution in [0.1, 0.15) is 36.0 Å². The Morgan fingerprint density at radius 3 is 2.95 bits per heavy atom. The highest BCUT2D eigenvalue weighted by molar-refractivity contribution is 5.84. The van der Waals surface area contributed by atoms with E-state index in [1.807, 2.05) is 4.90 Å². The number of hydrogen-bond donors (Lipinski definition) is 1. The van der Waals surface area contributed by atoms with Crippen LogP contribution in [0.15, 0.2) is 18.2 Å². The molecule has 0 unspecified atom stereocenters. The van der Waals surface area contributed by atoms with Gasteiger partial charge in [-0.1, -0.05) is 23.8 Å². The Morgan fingerprint density at radius 2 is 2.18 bits per heavy atom. The number of benzene rings is 1. The highest BCUT2D eigenvalue weighted by atomic mass is 16.2. The largest absolute Gasteiger partial charge is 0.354 e. The molecule has 0 aliphatic carbocycles. The summed E-state index contributed by atoms with van der Waals surface area (Å²) in [6.45, 7) is 5.60. The number of nitrogens with one attached hydrogen (secondary N) is 1. The zero-order valence-electron chi connectivity index (χ0n) is 13.4. The van der Waals surface area contributed by atoms with Crippen LogP contribution in [0.3, 0.4) is 0 Å². The summed E-state index contributed by atoms with van der Waals surface area (Å²) in [4.78, 5) is 26.3. The molecule has 0 aromatic heterocycles. The van der Waals surface area contributed by atoms with E-state index in [-0.39, 0.29) is 23.8 Å². The van der Waals surface area contributed by atoms with Crippen LogP contribution < -0.4 is 5.32 Å². The topological polar surface area (TPSA) is 49.4 Å². The van der Waals surface area contributed by atoms with Crippen molar-refractivity contribution in [1.82, 2.24) is 10.2 Å². The summed E-state index contributed by atoms with van der Waals surface area (Å²) in [5.41, 5.74) is 3.75. The smallest absolute Gasteiger partial charge is 0.225 e. The normalized spacial score (nSPS) is 24.1. The van der Waals surface area contributed by atoms with Crippen LogP contribution in [0.2, 0.25) is 0 Å². The first kappa shape index (κ1) is 15.1. The molecule has 4 heteroatoms. The van der Waals surface area contributed by atoms with Gasteiger partial charge in [-0.3, -0.25) is 9.59 Å². The zero-order chi connectivity index (χ0) is 15.7. The van der Waals surface area contributed by atoms with Crippen molar-refractivity contribution in [3.05, 3.63) is 34.9 Å². The van der Waals surface area contributed by atoms with Crippen molar-refractivity contribution in [3.8, 4) is 0 Å².